The monoisotopic (exact) mass is 258 g/mol. The van der Waals surface area contributed by atoms with Gasteiger partial charge in [-0.25, -0.2) is 0 Å². The molecule has 0 saturated carbocycles. The van der Waals surface area contributed by atoms with Crippen LogP contribution in [0.15, 0.2) is 17.5 Å². The minimum Gasteiger partial charge on any atom is -0.484 e. The number of ether oxygens (including phenoxy) is 3. The summed E-state index contributed by atoms with van der Waals surface area (Å²) < 4.78 is 16.5. The van der Waals surface area contributed by atoms with Gasteiger partial charge >= 0.3 is 0 Å². The van der Waals surface area contributed by atoms with Crippen molar-refractivity contribution in [1.29, 1.82) is 0 Å². The topological polar surface area (TPSA) is 27.7 Å². The van der Waals surface area contributed by atoms with Crippen molar-refractivity contribution in [3.63, 3.8) is 0 Å². The lowest BCUT2D eigenvalue weighted by Gasteiger charge is -2.13. The molecule has 0 bridgehead atoms. The lowest BCUT2D eigenvalue weighted by molar-refractivity contribution is -0.132. The fourth-order valence-electron chi connectivity index (χ4n) is 1.27. The molecule has 0 fully saturated rings. The number of hydrogen-bond acceptors (Lipinski definition) is 4. The van der Waals surface area contributed by atoms with Crippen LogP contribution in [-0.4, -0.2) is 26.1 Å². The molecule has 0 aliphatic heterocycles. The molecule has 0 aliphatic carbocycles. The quantitative estimate of drug-likeness (QED) is 0.473. The molecule has 0 aromatic carbocycles. The summed E-state index contributed by atoms with van der Waals surface area (Å²) in [5.74, 6) is 0. The molecule has 1 atom stereocenters. The Bertz CT molecular complexity index is 262. The van der Waals surface area contributed by atoms with Crippen LogP contribution < -0.4 is 4.74 Å². The van der Waals surface area contributed by atoms with Crippen LogP contribution in [0.1, 0.15) is 33.1 Å². The van der Waals surface area contributed by atoms with Crippen molar-refractivity contribution in [3.05, 3.63) is 17.5 Å². The minimum absolute atomic E-state index is 0.108. The van der Waals surface area contributed by atoms with Crippen molar-refractivity contribution in [2.24, 2.45) is 0 Å². The van der Waals surface area contributed by atoms with E-state index in [1.54, 1.807) is 11.3 Å². The van der Waals surface area contributed by atoms with Crippen molar-refractivity contribution < 1.29 is 14.2 Å². The first-order valence-corrected chi connectivity index (χ1v) is 7.10. The highest BCUT2D eigenvalue weighted by Gasteiger charge is 2.01. The van der Waals surface area contributed by atoms with E-state index in [4.69, 9.17) is 14.2 Å². The second-order valence-corrected chi connectivity index (χ2v) is 4.71. The Balaban J connectivity index is 1.89. The van der Waals surface area contributed by atoms with Crippen LogP contribution in [0.4, 0.5) is 0 Å². The molecule has 0 saturated heterocycles. The molecule has 0 radical (unpaired) electrons. The highest BCUT2D eigenvalue weighted by molar-refractivity contribution is 7.11. The molecule has 1 aromatic heterocycles. The van der Waals surface area contributed by atoms with Gasteiger partial charge in [0.25, 0.3) is 0 Å². The summed E-state index contributed by atoms with van der Waals surface area (Å²) in [5.41, 5.74) is 0. The summed E-state index contributed by atoms with van der Waals surface area (Å²) in [6.07, 6.45) is 3.03. The average molecular weight is 258 g/mol. The maximum absolute atomic E-state index is 5.52. The van der Waals surface area contributed by atoms with Crippen LogP contribution in [-0.2, 0) is 9.47 Å². The van der Waals surface area contributed by atoms with Crippen LogP contribution in [0.5, 0.6) is 5.06 Å². The minimum atomic E-state index is -0.108. The molecule has 98 valence electrons. The molecule has 17 heavy (non-hydrogen) atoms. The molecule has 4 heteroatoms. The van der Waals surface area contributed by atoms with Crippen molar-refractivity contribution >= 4 is 11.3 Å². The summed E-state index contributed by atoms with van der Waals surface area (Å²) >= 11 is 1.61. The van der Waals surface area contributed by atoms with Gasteiger partial charge in [0.2, 0.25) is 0 Å². The normalized spacial score (nSPS) is 12.6. The first-order valence-electron chi connectivity index (χ1n) is 6.22. The van der Waals surface area contributed by atoms with E-state index in [1.165, 1.54) is 0 Å². The molecule has 0 amide bonds. The van der Waals surface area contributed by atoms with Crippen LogP contribution in [0.25, 0.3) is 0 Å². The van der Waals surface area contributed by atoms with E-state index in [0.29, 0.717) is 13.2 Å². The van der Waals surface area contributed by atoms with Crippen LogP contribution >= 0.6 is 11.3 Å². The van der Waals surface area contributed by atoms with E-state index in [1.807, 2.05) is 24.4 Å². The fraction of sp³-hybridized carbons (Fsp3) is 0.692. The van der Waals surface area contributed by atoms with E-state index in [-0.39, 0.29) is 6.29 Å². The first-order chi connectivity index (χ1) is 8.33. The first kappa shape index (κ1) is 14.5. The Morgan fingerprint density at radius 2 is 1.94 bits per heavy atom. The smallest absolute Gasteiger partial charge is 0.173 e. The highest BCUT2D eigenvalue weighted by Crippen LogP contribution is 2.17. The Hall–Kier alpha value is -0.580. The van der Waals surface area contributed by atoms with Crippen LogP contribution in [0, 0.1) is 0 Å². The molecular formula is C13H22O3S. The predicted molar refractivity (Wildman–Crippen MR) is 70.7 cm³/mol. The van der Waals surface area contributed by atoms with Gasteiger partial charge in [-0.2, -0.15) is 0 Å². The third-order valence-electron chi connectivity index (χ3n) is 2.23. The number of hydrogen-bond donors (Lipinski definition) is 0. The summed E-state index contributed by atoms with van der Waals surface area (Å²) in [4.78, 5) is 0. The largest absolute Gasteiger partial charge is 0.484 e. The number of thiophene rings is 1. The van der Waals surface area contributed by atoms with Crippen molar-refractivity contribution in [1.82, 2.24) is 0 Å². The second-order valence-electron chi connectivity index (χ2n) is 3.80. The van der Waals surface area contributed by atoms with Gasteiger partial charge in [0, 0.05) is 13.0 Å². The molecule has 1 rings (SSSR count). The van der Waals surface area contributed by atoms with E-state index in [9.17, 15) is 0 Å². The lowest BCUT2D eigenvalue weighted by atomic mass is 10.4. The maximum atomic E-state index is 5.52. The van der Waals surface area contributed by atoms with E-state index >= 15 is 0 Å². The van der Waals surface area contributed by atoms with Gasteiger partial charge in [0.05, 0.1) is 13.2 Å². The number of unbranched alkanes of at least 4 members (excludes halogenated alkanes) is 1. The summed E-state index contributed by atoms with van der Waals surface area (Å²) in [6.45, 7) is 6.25. The zero-order valence-electron chi connectivity index (χ0n) is 10.7. The van der Waals surface area contributed by atoms with Gasteiger partial charge in [-0.1, -0.05) is 13.3 Å². The van der Waals surface area contributed by atoms with Gasteiger partial charge in [-0.15, -0.1) is 11.3 Å². The highest BCUT2D eigenvalue weighted by atomic mass is 32.1. The van der Waals surface area contributed by atoms with Crippen molar-refractivity contribution in [3.8, 4) is 5.06 Å². The third-order valence-corrected chi connectivity index (χ3v) is 3.01. The Morgan fingerprint density at radius 1 is 1.18 bits per heavy atom. The molecule has 0 spiro atoms. The van der Waals surface area contributed by atoms with Gasteiger partial charge in [0.15, 0.2) is 11.4 Å². The predicted octanol–water partition coefficient (Wildman–Crippen LogP) is 3.70. The van der Waals surface area contributed by atoms with Crippen molar-refractivity contribution in [2.75, 3.05) is 19.8 Å². The zero-order chi connectivity index (χ0) is 12.3. The molecule has 0 N–H and O–H groups in total. The zero-order valence-corrected chi connectivity index (χ0v) is 11.5. The molecule has 1 unspecified atom stereocenters. The lowest BCUT2D eigenvalue weighted by Crippen LogP contribution is -2.15. The third kappa shape index (κ3) is 7.36. The summed E-state index contributed by atoms with van der Waals surface area (Å²) in [6, 6.07) is 3.96. The standard InChI is InChI=1S/C13H22O3S/c1-3-4-8-14-12(2)15-9-6-10-16-13-7-5-11-17-13/h5,7,11-12H,3-4,6,8-10H2,1-2H3. The maximum Gasteiger partial charge on any atom is 0.173 e. The summed E-state index contributed by atoms with van der Waals surface area (Å²) in [7, 11) is 0. The van der Waals surface area contributed by atoms with Crippen LogP contribution in [0.3, 0.4) is 0 Å². The SMILES string of the molecule is CCCCOC(C)OCCCOc1cccs1. The molecule has 1 aromatic rings. The Morgan fingerprint density at radius 3 is 2.59 bits per heavy atom. The number of rotatable bonds is 10. The summed E-state index contributed by atoms with van der Waals surface area (Å²) in [5, 5.41) is 2.98. The Labute approximate surface area is 108 Å². The molecular weight excluding hydrogens is 236 g/mol. The van der Waals surface area contributed by atoms with E-state index in [2.05, 4.69) is 6.92 Å². The Kier molecular flexibility index (Phi) is 8.05. The van der Waals surface area contributed by atoms with Crippen molar-refractivity contribution in [2.45, 2.75) is 39.4 Å². The van der Waals surface area contributed by atoms with Gasteiger partial charge in [-0.05, 0) is 30.9 Å². The van der Waals surface area contributed by atoms with Gasteiger partial charge in [0.1, 0.15) is 0 Å². The van der Waals surface area contributed by atoms with Gasteiger partial charge in [-0.3, -0.25) is 0 Å². The second kappa shape index (κ2) is 9.45. The van der Waals surface area contributed by atoms with Gasteiger partial charge < -0.3 is 14.2 Å². The van der Waals surface area contributed by atoms with E-state index in [0.717, 1.165) is 30.9 Å². The fourth-order valence-corrected chi connectivity index (χ4v) is 1.87. The molecule has 1 heterocycles. The average Bonchev–Trinajstić information content (AvgIpc) is 2.82. The molecule has 3 nitrogen and oxygen atoms in total. The van der Waals surface area contributed by atoms with E-state index < -0.39 is 0 Å². The van der Waals surface area contributed by atoms with Crippen LogP contribution in [0.2, 0.25) is 0 Å². The molecule has 0 aliphatic rings.